The molecule has 2 aliphatic heterocycles. The number of carbonyl (C=O) groups is 1. The number of ether oxygens (including phenoxy) is 2. The van der Waals surface area contributed by atoms with E-state index in [2.05, 4.69) is 29.0 Å². The summed E-state index contributed by atoms with van der Waals surface area (Å²) in [5.74, 6) is 0.0746. The van der Waals surface area contributed by atoms with Crippen molar-refractivity contribution in [1.29, 1.82) is 0 Å². The van der Waals surface area contributed by atoms with E-state index >= 15 is 0 Å². The Bertz CT molecular complexity index is 563. The molecule has 144 valence electrons. The molecule has 0 unspecified atom stereocenters. The summed E-state index contributed by atoms with van der Waals surface area (Å²) in [5, 5.41) is 3.41. The number of nitrogens with zero attached hydrogens (tertiary/aromatic N) is 3. The average molecular weight is 362 g/mol. The molecule has 0 radical (unpaired) electrons. The zero-order valence-electron chi connectivity index (χ0n) is 15.8. The van der Waals surface area contributed by atoms with Crippen molar-refractivity contribution < 1.29 is 14.3 Å². The zero-order valence-corrected chi connectivity index (χ0v) is 15.8. The number of pyridine rings is 1. The molecule has 1 atom stereocenters. The molecule has 26 heavy (non-hydrogen) atoms. The van der Waals surface area contributed by atoms with Crippen molar-refractivity contribution in [2.24, 2.45) is 0 Å². The highest BCUT2D eigenvalue weighted by molar-refractivity contribution is 5.77. The standard InChI is InChI=1S/C19H30N4O3/c1-19(2)15-21-17(13-26-19)12-25-14-18(24)23-9-7-22(8-10-23)11-16-3-5-20-6-4-16/h3-6,17,21H,7-15H2,1-2H3/t17-/m1/s1. The molecule has 7 nitrogen and oxygen atoms in total. The van der Waals surface area contributed by atoms with Crippen LogP contribution >= 0.6 is 0 Å². The SMILES string of the molecule is CC1(C)CN[C@H](COCC(=O)N2CCN(Cc3ccncc3)CC2)CO1. The van der Waals surface area contributed by atoms with Crippen LogP contribution in [0.4, 0.5) is 0 Å². The minimum absolute atomic E-state index is 0.0746. The number of hydrogen-bond donors (Lipinski definition) is 1. The molecule has 2 fully saturated rings. The Kier molecular flexibility index (Phi) is 6.58. The third-order valence-corrected chi connectivity index (χ3v) is 4.92. The summed E-state index contributed by atoms with van der Waals surface area (Å²) >= 11 is 0. The Balaban J connectivity index is 1.31. The molecule has 2 aliphatic rings. The third-order valence-electron chi connectivity index (χ3n) is 4.92. The molecule has 2 saturated heterocycles. The quantitative estimate of drug-likeness (QED) is 0.795. The molecule has 3 heterocycles. The van der Waals surface area contributed by atoms with Gasteiger partial charge in [-0.05, 0) is 31.5 Å². The zero-order chi connectivity index (χ0) is 18.4. The van der Waals surface area contributed by atoms with Crippen LogP contribution in [0.5, 0.6) is 0 Å². The third kappa shape index (κ3) is 5.74. The van der Waals surface area contributed by atoms with Gasteiger partial charge >= 0.3 is 0 Å². The van der Waals surface area contributed by atoms with Gasteiger partial charge < -0.3 is 19.7 Å². The van der Waals surface area contributed by atoms with E-state index in [1.165, 1.54) is 5.56 Å². The van der Waals surface area contributed by atoms with Crippen LogP contribution in [0.2, 0.25) is 0 Å². The number of rotatable bonds is 6. The average Bonchev–Trinajstić information content (AvgIpc) is 2.64. The van der Waals surface area contributed by atoms with Gasteiger partial charge in [-0.3, -0.25) is 14.7 Å². The second-order valence-electron chi connectivity index (χ2n) is 7.68. The maximum atomic E-state index is 12.3. The fourth-order valence-electron chi connectivity index (χ4n) is 3.21. The first-order valence-electron chi connectivity index (χ1n) is 9.36. The van der Waals surface area contributed by atoms with E-state index in [0.29, 0.717) is 13.2 Å². The first-order chi connectivity index (χ1) is 12.5. The van der Waals surface area contributed by atoms with Crippen LogP contribution in [-0.4, -0.2) is 84.9 Å². The molecule has 0 spiro atoms. The lowest BCUT2D eigenvalue weighted by Gasteiger charge is -2.36. The maximum absolute atomic E-state index is 12.3. The molecule has 0 aromatic carbocycles. The lowest BCUT2D eigenvalue weighted by molar-refractivity contribution is -0.139. The number of morpholine rings is 1. The van der Waals surface area contributed by atoms with Gasteiger partial charge in [-0.2, -0.15) is 0 Å². The summed E-state index contributed by atoms with van der Waals surface area (Å²) in [4.78, 5) is 20.6. The van der Waals surface area contributed by atoms with E-state index in [1.54, 1.807) is 0 Å². The predicted octanol–water partition coefficient (Wildman–Crippen LogP) is 0.509. The summed E-state index contributed by atoms with van der Waals surface area (Å²) in [7, 11) is 0. The van der Waals surface area contributed by atoms with E-state index in [1.807, 2.05) is 29.4 Å². The number of carbonyl (C=O) groups excluding carboxylic acids is 1. The van der Waals surface area contributed by atoms with Crippen LogP contribution in [0.3, 0.4) is 0 Å². The summed E-state index contributed by atoms with van der Waals surface area (Å²) in [6.07, 6.45) is 3.64. The maximum Gasteiger partial charge on any atom is 0.248 e. The number of hydrogen-bond acceptors (Lipinski definition) is 6. The fraction of sp³-hybridized carbons (Fsp3) is 0.684. The number of amides is 1. The molecule has 0 bridgehead atoms. The van der Waals surface area contributed by atoms with Gasteiger partial charge in [-0.1, -0.05) is 0 Å². The Morgan fingerprint density at radius 1 is 1.31 bits per heavy atom. The summed E-state index contributed by atoms with van der Waals surface area (Å²) in [5.41, 5.74) is 1.14. The summed E-state index contributed by atoms with van der Waals surface area (Å²) in [6.45, 7) is 10.4. The second kappa shape index (κ2) is 8.90. The molecule has 1 N–H and O–H groups in total. The van der Waals surface area contributed by atoms with Crippen molar-refractivity contribution >= 4 is 5.91 Å². The Morgan fingerprint density at radius 2 is 2.04 bits per heavy atom. The lowest BCUT2D eigenvalue weighted by Crippen LogP contribution is -2.53. The molecule has 1 amide bonds. The molecule has 7 heteroatoms. The largest absolute Gasteiger partial charge is 0.373 e. The van der Waals surface area contributed by atoms with Crippen molar-refractivity contribution in [3.63, 3.8) is 0 Å². The van der Waals surface area contributed by atoms with Crippen molar-refractivity contribution in [2.75, 3.05) is 52.5 Å². The summed E-state index contributed by atoms with van der Waals surface area (Å²) < 4.78 is 11.4. The molecule has 1 aromatic heterocycles. The van der Waals surface area contributed by atoms with Crippen LogP contribution in [0, 0.1) is 0 Å². The van der Waals surface area contributed by atoms with E-state index in [0.717, 1.165) is 39.3 Å². The second-order valence-corrected chi connectivity index (χ2v) is 7.68. The number of aromatic nitrogens is 1. The lowest BCUT2D eigenvalue weighted by atomic mass is 10.1. The van der Waals surface area contributed by atoms with Gasteiger partial charge in [0.25, 0.3) is 0 Å². The molecular formula is C19H30N4O3. The van der Waals surface area contributed by atoms with Crippen LogP contribution in [0.25, 0.3) is 0 Å². The van der Waals surface area contributed by atoms with Crippen LogP contribution in [0.1, 0.15) is 19.4 Å². The van der Waals surface area contributed by atoms with Gasteiger partial charge in [0.05, 0.1) is 24.9 Å². The van der Waals surface area contributed by atoms with Gasteiger partial charge in [0.2, 0.25) is 5.91 Å². The fourth-order valence-corrected chi connectivity index (χ4v) is 3.21. The van der Waals surface area contributed by atoms with Gasteiger partial charge in [0, 0.05) is 51.7 Å². The summed E-state index contributed by atoms with van der Waals surface area (Å²) in [6, 6.07) is 4.23. The first kappa shape index (κ1) is 19.2. The Morgan fingerprint density at radius 3 is 2.69 bits per heavy atom. The number of piperazine rings is 1. The van der Waals surface area contributed by atoms with Crippen molar-refractivity contribution in [1.82, 2.24) is 20.1 Å². The molecule has 1 aromatic rings. The smallest absolute Gasteiger partial charge is 0.248 e. The highest BCUT2D eigenvalue weighted by Crippen LogP contribution is 2.13. The topological polar surface area (TPSA) is 66.9 Å². The van der Waals surface area contributed by atoms with Gasteiger partial charge in [-0.25, -0.2) is 0 Å². The Hall–Kier alpha value is -1.54. The molecule has 0 saturated carbocycles. The molecule has 0 aliphatic carbocycles. The van der Waals surface area contributed by atoms with Gasteiger partial charge in [-0.15, -0.1) is 0 Å². The number of nitrogens with one attached hydrogen (secondary N) is 1. The van der Waals surface area contributed by atoms with Crippen molar-refractivity contribution in [3.8, 4) is 0 Å². The monoisotopic (exact) mass is 362 g/mol. The minimum Gasteiger partial charge on any atom is -0.373 e. The normalized spacial score (nSPS) is 23.8. The van der Waals surface area contributed by atoms with Crippen LogP contribution in [-0.2, 0) is 20.8 Å². The minimum atomic E-state index is -0.123. The predicted molar refractivity (Wildman–Crippen MR) is 98.7 cm³/mol. The van der Waals surface area contributed by atoms with E-state index in [-0.39, 0.29) is 24.2 Å². The van der Waals surface area contributed by atoms with E-state index in [9.17, 15) is 4.79 Å². The van der Waals surface area contributed by atoms with Crippen molar-refractivity contribution in [2.45, 2.75) is 32.0 Å². The van der Waals surface area contributed by atoms with Crippen LogP contribution < -0.4 is 5.32 Å². The highest BCUT2D eigenvalue weighted by atomic mass is 16.5. The van der Waals surface area contributed by atoms with Crippen LogP contribution in [0.15, 0.2) is 24.5 Å². The molecule has 3 rings (SSSR count). The highest BCUT2D eigenvalue weighted by Gasteiger charge is 2.27. The van der Waals surface area contributed by atoms with Crippen molar-refractivity contribution in [3.05, 3.63) is 30.1 Å². The van der Waals surface area contributed by atoms with Gasteiger partial charge in [0.15, 0.2) is 0 Å². The van der Waals surface area contributed by atoms with E-state index < -0.39 is 0 Å². The Labute approximate surface area is 155 Å². The first-order valence-corrected chi connectivity index (χ1v) is 9.36. The van der Waals surface area contributed by atoms with E-state index in [4.69, 9.17) is 9.47 Å². The molecular weight excluding hydrogens is 332 g/mol. The van der Waals surface area contributed by atoms with Gasteiger partial charge in [0.1, 0.15) is 6.61 Å².